The number of aliphatic hydroxyl groups excluding tert-OH is 2. The van der Waals surface area contributed by atoms with Crippen LogP contribution in [0.25, 0.3) is 0 Å². The Morgan fingerprint density at radius 1 is 0.228 bits per heavy atom. The number of hydrogen-bond donors (Lipinski definition) is 4. The fourth-order valence-corrected chi connectivity index (χ4v) is 15.5. The predicted molar refractivity (Wildman–Crippen MR) is 519 cm³/mol. The highest BCUT2D eigenvalue weighted by Gasteiger charge is 2.30. The molecule has 0 aromatic rings. The van der Waals surface area contributed by atoms with Gasteiger partial charge in [0.25, 0.3) is 0 Å². The second-order valence-corrected chi connectivity index (χ2v) is 36.5. The first kappa shape index (κ1) is 118. The Bertz CT molecular complexity index is 2820. The Morgan fingerprint density at radius 2 is 0.407 bits per heavy atom. The van der Waals surface area contributed by atoms with Crippen molar-refractivity contribution in [1.29, 1.82) is 0 Å². The second-order valence-electron chi connectivity index (χ2n) is 33.6. The molecular formula is C105H184O16P2. The highest BCUT2D eigenvalue weighted by molar-refractivity contribution is 7.47. The molecule has 5 unspecified atom stereocenters. The van der Waals surface area contributed by atoms with Gasteiger partial charge in [-0.3, -0.25) is 32.5 Å². The molecule has 0 aromatic heterocycles. The molecule has 0 aliphatic heterocycles. The van der Waals surface area contributed by atoms with Crippen molar-refractivity contribution in [2.24, 2.45) is 0 Å². The summed E-state index contributed by atoms with van der Waals surface area (Å²) >= 11 is 0. The van der Waals surface area contributed by atoms with Crippen LogP contribution in [0.3, 0.4) is 0 Å². The third-order valence-corrected chi connectivity index (χ3v) is 23.4. The van der Waals surface area contributed by atoms with Crippen LogP contribution in [0.4, 0.5) is 0 Å². The van der Waals surface area contributed by atoms with E-state index in [1.807, 2.05) is 0 Å². The number of aliphatic hydroxyl groups is 2. The number of ether oxygens (including phenoxy) is 3. The first-order chi connectivity index (χ1) is 60.2. The first-order valence-corrected chi connectivity index (χ1v) is 53.1. The molecular weight excluding hydrogens is 1580 g/mol. The van der Waals surface area contributed by atoms with Crippen molar-refractivity contribution < 1.29 is 75.8 Å². The van der Waals surface area contributed by atoms with Crippen LogP contribution in [0, 0.1) is 0 Å². The number of carbonyl (C=O) groups is 3. The van der Waals surface area contributed by atoms with Gasteiger partial charge in [-0.1, -0.05) is 417 Å². The van der Waals surface area contributed by atoms with Crippen molar-refractivity contribution in [3.63, 3.8) is 0 Å². The Hall–Kier alpha value is -4.57. The molecule has 0 radical (unpaired) electrons. The highest BCUT2D eigenvalue weighted by atomic mass is 31.2. The normalized spacial score (nSPS) is 14.3. The second kappa shape index (κ2) is 96.5. The molecule has 0 spiro atoms. The maximum atomic E-state index is 13.1. The molecule has 0 fully saturated rings. The topological polar surface area (TPSA) is 231 Å². The van der Waals surface area contributed by atoms with Crippen molar-refractivity contribution in [3.8, 4) is 0 Å². The van der Waals surface area contributed by atoms with Crippen LogP contribution in [0.1, 0.15) is 445 Å². The predicted octanol–water partition coefficient (Wildman–Crippen LogP) is 31.5. The zero-order valence-electron chi connectivity index (χ0n) is 78.6. The van der Waals surface area contributed by atoms with Crippen LogP contribution in [-0.2, 0) is 55.8 Å². The van der Waals surface area contributed by atoms with Crippen LogP contribution in [0.2, 0.25) is 0 Å². The standard InChI is InChI=1S/C105H184O16P2/c1-4-7-10-13-16-19-22-25-28-31-34-37-39-41-43-45-47-49-51-53-55-57-59-62-64-67-70-73-76-79-82-85-88-91-103(108)115-94-100(106)95-117-122(111,112)118-96-101(107)97-119-123(113,114)120-99-102(121-105(110)93-90-87-84-81-78-75-72-69-66-61-36-33-30-27-24-21-18-15-12-9-6-3)98-116-104(109)92-89-86-83-80-77-74-71-68-65-63-60-58-56-54-52-50-48-46-44-42-40-38-35-32-29-26-23-20-17-14-11-8-5-2/h16-21,25-30,34-38,41-44,61,69,72,100-102,106-107H,4-15,22-24,31-33,39-40,45-60,62-68,70-71,73-99H2,1-3H3,(H,111,112)(H,113,114)/b19-16-,20-17-,21-18-,28-25-,29-26-,30-27-,37-34-,38-35-,43-41-,44-42-,61-36-,72-69-. The smallest absolute Gasteiger partial charge is 0.463 e. The van der Waals surface area contributed by atoms with Gasteiger partial charge in [0, 0.05) is 19.3 Å². The lowest BCUT2D eigenvalue weighted by atomic mass is 10.0. The van der Waals surface area contributed by atoms with Crippen LogP contribution in [-0.4, -0.2) is 95.9 Å². The zero-order valence-corrected chi connectivity index (χ0v) is 80.4. The summed E-state index contributed by atoms with van der Waals surface area (Å²) in [6.07, 6.45) is 123. The van der Waals surface area contributed by atoms with Crippen LogP contribution >= 0.6 is 15.6 Å². The largest absolute Gasteiger partial charge is 0.472 e. The van der Waals surface area contributed by atoms with Gasteiger partial charge in [-0.15, -0.1) is 0 Å². The van der Waals surface area contributed by atoms with Crippen molar-refractivity contribution in [3.05, 3.63) is 146 Å². The van der Waals surface area contributed by atoms with Gasteiger partial charge in [0.15, 0.2) is 6.10 Å². The van der Waals surface area contributed by atoms with E-state index in [1.54, 1.807) is 0 Å². The van der Waals surface area contributed by atoms with Crippen molar-refractivity contribution >= 4 is 33.6 Å². The maximum absolute atomic E-state index is 13.1. The summed E-state index contributed by atoms with van der Waals surface area (Å²) in [6.45, 7) is 2.65. The van der Waals surface area contributed by atoms with E-state index in [0.29, 0.717) is 19.3 Å². The summed E-state index contributed by atoms with van der Waals surface area (Å²) in [5.41, 5.74) is 0. The maximum Gasteiger partial charge on any atom is 0.472 e. The number of carbonyl (C=O) groups excluding carboxylic acids is 3. The molecule has 0 saturated heterocycles. The molecule has 0 aliphatic carbocycles. The van der Waals surface area contributed by atoms with Crippen LogP contribution < -0.4 is 0 Å². The van der Waals surface area contributed by atoms with E-state index in [2.05, 4.69) is 167 Å². The van der Waals surface area contributed by atoms with E-state index < -0.39 is 91.5 Å². The molecule has 0 saturated carbocycles. The minimum absolute atomic E-state index is 0.0826. The van der Waals surface area contributed by atoms with Gasteiger partial charge in [-0.05, 0) is 154 Å². The van der Waals surface area contributed by atoms with E-state index in [1.165, 1.54) is 250 Å². The number of allylic oxidation sites excluding steroid dienone is 24. The molecule has 0 aromatic carbocycles. The van der Waals surface area contributed by atoms with Gasteiger partial charge >= 0.3 is 33.6 Å². The Kier molecular flexibility index (Phi) is 92.9. The lowest BCUT2D eigenvalue weighted by molar-refractivity contribution is -0.161. The van der Waals surface area contributed by atoms with E-state index in [4.69, 9.17) is 32.3 Å². The molecule has 16 nitrogen and oxygen atoms in total. The minimum Gasteiger partial charge on any atom is -0.463 e. The zero-order chi connectivity index (χ0) is 89.3. The van der Waals surface area contributed by atoms with E-state index >= 15 is 0 Å². The average molecular weight is 1760 g/mol. The molecule has 710 valence electrons. The summed E-state index contributed by atoms with van der Waals surface area (Å²) in [6, 6.07) is 0. The minimum atomic E-state index is -4.95. The molecule has 0 rings (SSSR count). The first-order valence-electron chi connectivity index (χ1n) is 50.1. The van der Waals surface area contributed by atoms with Gasteiger partial charge < -0.3 is 34.2 Å². The Morgan fingerprint density at radius 3 is 0.642 bits per heavy atom. The SMILES string of the molecule is CCCCC/C=C\C/C=C\C/C=C\C/C=C\CCCCCCCCCCCCCCCCCCCC(=O)OCC(O)COP(=O)(O)OCC(O)COP(=O)(O)OCC(COC(=O)CCCCCCCCCCCCCCCCCCC/C=C\C/C=C\C/C=C\C/C=C\CCCCC)OC(=O)CCCCCCC/C=C\C/C=C\C/C=C\C/C=C\CCCCC. The number of unbranched alkanes of at least 4 members (excludes halogenated alkanes) is 48. The lowest BCUT2D eigenvalue weighted by Crippen LogP contribution is -2.30. The third-order valence-electron chi connectivity index (χ3n) is 21.5. The fraction of sp³-hybridized carbons (Fsp3) is 0.743. The van der Waals surface area contributed by atoms with Gasteiger partial charge in [0.1, 0.15) is 25.4 Å². The number of esters is 3. The summed E-state index contributed by atoms with van der Waals surface area (Å²) in [7, 11) is -9.82. The van der Waals surface area contributed by atoms with Gasteiger partial charge in [-0.2, -0.15) is 0 Å². The summed E-state index contributed by atoms with van der Waals surface area (Å²) in [4.78, 5) is 59.1. The Labute approximate surface area is 753 Å². The van der Waals surface area contributed by atoms with E-state index in [0.717, 1.165) is 135 Å². The van der Waals surface area contributed by atoms with Gasteiger partial charge in [0.2, 0.25) is 0 Å². The van der Waals surface area contributed by atoms with E-state index in [-0.39, 0.29) is 19.3 Å². The van der Waals surface area contributed by atoms with Crippen molar-refractivity contribution in [2.45, 2.75) is 463 Å². The van der Waals surface area contributed by atoms with Crippen LogP contribution in [0.5, 0.6) is 0 Å². The third kappa shape index (κ3) is 97.9. The summed E-state index contributed by atoms with van der Waals surface area (Å²) in [5, 5.41) is 20.8. The number of hydrogen-bond acceptors (Lipinski definition) is 14. The molecule has 123 heavy (non-hydrogen) atoms. The van der Waals surface area contributed by atoms with Crippen LogP contribution in [0.15, 0.2) is 146 Å². The monoisotopic (exact) mass is 1760 g/mol. The molecule has 4 N–H and O–H groups in total. The lowest BCUT2D eigenvalue weighted by Gasteiger charge is -2.21. The number of phosphoric ester groups is 2. The molecule has 5 atom stereocenters. The fourth-order valence-electron chi connectivity index (χ4n) is 13.9. The van der Waals surface area contributed by atoms with Crippen molar-refractivity contribution in [2.75, 3.05) is 39.6 Å². The van der Waals surface area contributed by atoms with Gasteiger partial charge in [-0.25, -0.2) is 9.13 Å². The average Bonchev–Trinajstić information content (AvgIpc) is 0.900. The quantitative estimate of drug-likeness (QED) is 0.0146. The molecule has 0 aliphatic rings. The highest BCUT2D eigenvalue weighted by Crippen LogP contribution is 2.45. The summed E-state index contributed by atoms with van der Waals surface area (Å²) in [5.74, 6) is -1.58. The van der Waals surface area contributed by atoms with Crippen molar-refractivity contribution in [1.82, 2.24) is 0 Å². The number of phosphoric acid groups is 2. The molecule has 0 heterocycles. The molecule has 0 bridgehead atoms. The van der Waals surface area contributed by atoms with E-state index in [9.17, 15) is 43.5 Å². The molecule has 0 amide bonds. The summed E-state index contributed by atoms with van der Waals surface area (Å²) < 4.78 is 61.6. The molecule has 18 heteroatoms. The van der Waals surface area contributed by atoms with Gasteiger partial charge in [0.05, 0.1) is 26.4 Å². The Balaban J connectivity index is 4.54. The number of rotatable bonds is 95.